The highest BCUT2D eigenvalue weighted by Crippen LogP contribution is 2.19. The predicted molar refractivity (Wildman–Crippen MR) is 114 cm³/mol. The second kappa shape index (κ2) is 9.88. The Morgan fingerprint density at radius 2 is 1.66 bits per heavy atom. The summed E-state index contributed by atoms with van der Waals surface area (Å²) in [6.07, 6.45) is 0.616. The highest BCUT2D eigenvalue weighted by atomic mass is 35.5. The lowest BCUT2D eigenvalue weighted by atomic mass is 10.1. The number of carbonyl (C=O) groups excluding carboxylic acids is 2. The van der Waals surface area contributed by atoms with Crippen LogP contribution in [0.25, 0.3) is 0 Å². The van der Waals surface area contributed by atoms with Gasteiger partial charge in [0.15, 0.2) is 0 Å². The summed E-state index contributed by atoms with van der Waals surface area (Å²) in [5.41, 5.74) is 0.796. The lowest BCUT2D eigenvalue weighted by Gasteiger charge is -2.31. The van der Waals surface area contributed by atoms with E-state index in [9.17, 15) is 14.0 Å². The first-order chi connectivity index (χ1) is 13.6. The Morgan fingerprint density at radius 1 is 1.07 bits per heavy atom. The summed E-state index contributed by atoms with van der Waals surface area (Å²) < 4.78 is 14.2. The second-order valence-electron chi connectivity index (χ2n) is 8.12. The topological polar surface area (TPSA) is 49.4 Å². The Labute approximate surface area is 177 Å². The first-order valence-corrected chi connectivity index (χ1v) is 10.0. The van der Waals surface area contributed by atoms with Gasteiger partial charge >= 0.3 is 0 Å². The normalized spacial score (nSPS) is 12.3. The van der Waals surface area contributed by atoms with Gasteiger partial charge < -0.3 is 10.2 Å². The third kappa shape index (κ3) is 6.86. The van der Waals surface area contributed by atoms with E-state index in [-0.39, 0.29) is 24.8 Å². The number of benzene rings is 2. The molecule has 2 aromatic carbocycles. The predicted octanol–water partition coefficient (Wildman–Crippen LogP) is 4.74. The van der Waals surface area contributed by atoms with E-state index in [2.05, 4.69) is 5.32 Å². The molecule has 0 spiro atoms. The maximum atomic E-state index is 14.2. The molecule has 6 heteroatoms. The first-order valence-electron chi connectivity index (χ1n) is 9.67. The number of hydrogen-bond donors (Lipinski definition) is 1. The second-order valence-corrected chi connectivity index (χ2v) is 8.53. The van der Waals surface area contributed by atoms with Crippen LogP contribution >= 0.6 is 11.6 Å². The zero-order chi connectivity index (χ0) is 21.6. The largest absolute Gasteiger partial charge is 0.350 e. The fourth-order valence-corrected chi connectivity index (χ4v) is 3.18. The van der Waals surface area contributed by atoms with Crippen molar-refractivity contribution in [2.45, 2.75) is 58.7 Å². The first kappa shape index (κ1) is 22.9. The van der Waals surface area contributed by atoms with Crippen LogP contribution in [0.15, 0.2) is 48.5 Å². The van der Waals surface area contributed by atoms with Crippen molar-refractivity contribution in [1.82, 2.24) is 10.2 Å². The molecular formula is C23H28ClFN2O2. The van der Waals surface area contributed by atoms with E-state index in [1.54, 1.807) is 31.2 Å². The fraction of sp³-hybridized carbons (Fsp3) is 0.391. The highest BCUT2D eigenvalue weighted by molar-refractivity contribution is 6.31. The smallest absolute Gasteiger partial charge is 0.242 e. The van der Waals surface area contributed by atoms with Gasteiger partial charge in [-0.3, -0.25) is 9.59 Å². The number of halogens is 2. The number of nitrogens with one attached hydrogen (secondary N) is 1. The minimum atomic E-state index is -0.743. The molecule has 0 aliphatic carbocycles. The Morgan fingerprint density at radius 3 is 2.24 bits per heavy atom. The molecule has 1 unspecified atom stereocenters. The molecular weight excluding hydrogens is 391 g/mol. The molecule has 2 rings (SSSR count). The summed E-state index contributed by atoms with van der Waals surface area (Å²) in [7, 11) is 0. The molecule has 0 aromatic heterocycles. The summed E-state index contributed by atoms with van der Waals surface area (Å²) in [5.74, 6) is -0.913. The lowest BCUT2D eigenvalue weighted by Crippen LogP contribution is -2.52. The van der Waals surface area contributed by atoms with Crippen molar-refractivity contribution < 1.29 is 14.0 Å². The van der Waals surface area contributed by atoms with Crippen LogP contribution in [0.4, 0.5) is 4.39 Å². The van der Waals surface area contributed by atoms with Crippen LogP contribution in [0.3, 0.4) is 0 Å². The quantitative estimate of drug-likeness (QED) is 0.705. The molecule has 0 heterocycles. The van der Waals surface area contributed by atoms with Crippen LogP contribution in [0, 0.1) is 5.82 Å². The van der Waals surface area contributed by atoms with E-state index < -0.39 is 17.4 Å². The van der Waals surface area contributed by atoms with E-state index in [1.165, 1.54) is 11.0 Å². The maximum absolute atomic E-state index is 14.2. The average molecular weight is 419 g/mol. The SMILES string of the molecule is CC(C(=O)NC(C)(C)C)N(Cc1ccccc1F)C(=O)CCc1ccccc1Cl. The summed E-state index contributed by atoms with van der Waals surface area (Å²) in [6.45, 7) is 7.30. The third-order valence-electron chi connectivity index (χ3n) is 4.53. The molecule has 156 valence electrons. The maximum Gasteiger partial charge on any atom is 0.242 e. The van der Waals surface area contributed by atoms with Crippen LogP contribution in [0.5, 0.6) is 0 Å². The summed E-state index contributed by atoms with van der Waals surface area (Å²) in [6, 6.07) is 12.9. The number of carbonyl (C=O) groups is 2. The minimum Gasteiger partial charge on any atom is -0.350 e. The highest BCUT2D eigenvalue weighted by Gasteiger charge is 2.28. The average Bonchev–Trinajstić information content (AvgIpc) is 2.64. The summed E-state index contributed by atoms with van der Waals surface area (Å²) in [4.78, 5) is 27.2. The van der Waals surface area contributed by atoms with E-state index in [0.717, 1.165) is 5.56 Å². The molecule has 0 saturated carbocycles. The van der Waals surface area contributed by atoms with Crippen LogP contribution in [-0.2, 0) is 22.6 Å². The molecule has 2 aromatic rings. The number of nitrogens with zero attached hydrogens (tertiary/aromatic N) is 1. The zero-order valence-electron chi connectivity index (χ0n) is 17.3. The van der Waals surface area contributed by atoms with Gasteiger partial charge in [0.1, 0.15) is 11.9 Å². The van der Waals surface area contributed by atoms with Gasteiger partial charge in [-0.05, 0) is 51.8 Å². The van der Waals surface area contributed by atoms with Gasteiger partial charge in [0, 0.05) is 29.1 Å². The van der Waals surface area contributed by atoms with E-state index in [4.69, 9.17) is 11.6 Å². The molecule has 0 radical (unpaired) electrons. The van der Waals surface area contributed by atoms with E-state index in [0.29, 0.717) is 17.0 Å². The van der Waals surface area contributed by atoms with Gasteiger partial charge in [-0.1, -0.05) is 48.0 Å². The number of aryl methyl sites for hydroxylation is 1. The van der Waals surface area contributed by atoms with Crippen molar-refractivity contribution in [2.75, 3.05) is 0 Å². The molecule has 0 aliphatic rings. The van der Waals surface area contributed by atoms with Crippen LogP contribution in [-0.4, -0.2) is 28.3 Å². The van der Waals surface area contributed by atoms with Gasteiger partial charge in [-0.25, -0.2) is 4.39 Å². The van der Waals surface area contributed by atoms with Crippen molar-refractivity contribution in [3.63, 3.8) is 0 Å². The van der Waals surface area contributed by atoms with Gasteiger partial charge in [-0.2, -0.15) is 0 Å². The molecule has 0 fully saturated rings. The molecule has 0 aliphatic heterocycles. The van der Waals surface area contributed by atoms with Crippen molar-refractivity contribution in [3.8, 4) is 0 Å². The molecule has 1 N–H and O–H groups in total. The van der Waals surface area contributed by atoms with Crippen molar-refractivity contribution in [1.29, 1.82) is 0 Å². The molecule has 0 bridgehead atoms. The third-order valence-corrected chi connectivity index (χ3v) is 4.90. The Hall–Kier alpha value is -2.40. The Balaban J connectivity index is 2.20. The van der Waals surface area contributed by atoms with Crippen LogP contribution < -0.4 is 5.32 Å². The molecule has 2 amide bonds. The standard InChI is InChI=1S/C23H28ClFN2O2/c1-16(22(29)26-23(2,3)4)27(15-18-10-6-8-12-20(18)25)21(28)14-13-17-9-5-7-11-19(17)24/h5-12,16H,13-15H2,1-4H3,(H,26,29). The van der Waals surface area contributed by atoms with Crippen LogP contribution in [0.2, 0.25) is 5.02 Å². The fourth-order valence-electron chi connectivity index (χ4n) is 2.95. The van der Waals surface area contributed by atoms with Gasteiger partial charge in [0.05, 0.1) is 0 Å². The van der Waals surface area contributed by atoms with Crippen molar-refractivity contribution in [3.05, 3.63) is 70.5 Å². The summed E-state index contributed by atoms with van der Waals surface area (Å²) >= 11 is 6.18. The minimum absolute atomic E-state index is 0.0206. The zero-order valence-corrected chi connectivity index (χ0v) is 18.1. The molecule has 0 saturated heterocycles. The molecule has 29 heavy (non-hydrogen) atoms. The van der Waals surface area contributed by atoms with Crippen LogP contribution in [0.1, 0.15) is 45.2 Å². The number of amides is 2. The van der Waals surface area contributed by atoms with Crippen molar-refractivity contribution in [2.24, 2.45) is 0 Å². The number of rotatable bonds is 7. The number of hydrogen-bond acceptors (Lipinski definition) is 2. The molecule has 4 nitrogen and oxygen atoms in total. The Kier molecular flexibility index (Phi) is 7.80. The monoisotopic (exact) mass is 418 g/mol. The van der Waals surface area contributed by atoms with E-state index >= 15 is 0 Å². The summed E-state index contributed by atoms with van der Waals surface area (Å²) in [5, 5.41) is 3.49. The van der Waals surface area contributed by atoms with E-state index in [1.807, 2.05) is 39.0 Å². The molecule has 1 atom stereocenters. The Bertz CT molecular complexity index is 864. The lowest BCUT2D eigenvalue weighted by molar-refractivity contribution is -0.141. The van der Waals surface area contributed by atoms with Gasteiger partial charge in [-0.15, -0.1) is 0 Å². The van der Waals surface area contributed by atoms with Gasteiger partial charge in [0.25, 0.3) is 0 Å². The van der Waals surface area contributed by atoms with Gasteiger partial charge in [0.2, 0.25) is 11.8 Å². The van der Waals surface area contributed by atoms with Crippen molar-refractivity contribution >= 4 is 23.4 Å².